The van der Waals surface area contributed by atoms with E-state index in [0.717, 1.165) is 0 Å². The average molecular weight is 385 g/mol. The molecule has 0 radical (unpaired) electrons. The summed E-state index contributed by atoms with van der Waals surface area (Å²) in [6, 6.07) is 8.59. The zero-order valence-corrected chi connectivity index (χ0v) is 15.9. The first-order chi connectivity index (χ1) is 13.3. The van der Waals surface area contributed by atoms with Crippen molar-refractivity contribution in [2.75, 3.05) is 13.1 Å². The van der Waals surface area contributed by atoms with Gasteiger partial charge in [0.2, 0.25) is 11.8 Å². The second-order valence-corrected chi connectivity index (χ2v) is 6.90. The predicted molar refractivity (Wildman–Crippen MR) is 99.0 cm³/mol. The van der Waals surface area contributed by atoms with E-state index in [4.69, 9.17) is 10.5 Å². The van der Waals surface area contributed by atoms with Crippen LogP contribution in [-0.2, 0) is 20.9 Å². The quantitative estimate of drug-likeness (QED) is 0.721. The van der Waals surface area contributed by atoms with Crippen LogP contribution in [-0.4, -0.2) is 56.6 Å². The summed E-state index contributed by atoms with van der Waals surface area (Å²) in [6.45, 7) is 4.07. The van der Waals surface area contributed by atoms with Crippen molar-refractivity contribution in [2.24, 2.45) is 11.7 Å². The first kappa shape index (κ1) is 19.5. The number of aryl methyl sites for hydroxylation is 2. The number of nitrogens with zero attached hydrogens (tertiary/aromatic N) is 4. The smallest absolute Gasteiger partial charge is 0.338 e. The first-order valence-corrected chi connectivity index (χ1v) is 9.03. The molecular formula is C19H23N5O4. The SMILES string of the molecule is Cc1nc(C)n(CC(=O)N2C[C@H](CC(N)=O)[C@H](OC(=O)c3ccccc3)C2)n1. The summed E-state index contributed by atoms with van der Waals surface area (Å²) in [6.07, 6.45) is -0.555. The average Bonchev–Trinajstić information content (AvgIpc) is 3.17. The van der Waals surface area contributed by atoms with Gasteiger partial charge in [-0.05, 0) is 26.0 Å². The molecule has 1 saturated heterocycles. The lowest BCUT2D eigenvalue weighted by Gasteiger charge is -2.17. The number of ether oxygens (including phenoxy) is 1. The van der Waals surface area contributed by atoms with Crippen molar-refractivity contribution < 1.29 is 19.1 Å². The van der Waals surface area contributed by atoms with E-state index in [1.807, 2.05) is 0 Å². The van der Waals surface area contributed by atoms with Crippen LogP contribution in [0.5, 0.6) is 0 Å². The highest BCUT2D eigenvalue weighted by Gasteiger charge is 2.38. The van der Waals surface area contributed by atoms with Gasteiger partial charge in [-0.1, -0.05) is 18.2 Å². The molecule has 3 rings (SSSR count). The van der Waals surface area contributed by atoms with E-state index in [-0.39, 0.29) is 31.3 Å². The summed E-state index contributed by atoms with van der Waals surface area (Å²) in [4.78, 5) is 42.3. The Labute approximate surface area is 162 Å². The van der Waals surface area contributed by atoms with Gasteiger partial charge in [0.25, 0.3) is 0 Å². The van der Waals surface area contributed by atoms with Crippen LogP contribution in [0.4, 0.5) is 0 Å². The van der Waals surface area contributed by atoms with E-state index in [9.17, 15) is 14.4 Å². The zero-order chi connectivity index (χ0) is 20.3. The van der Waals surface area contributed by atoms with Gasteiger partial charge in [-0.3, -0.25) is 9.59 Å². The molecule has 1 aromatic carbocycles. The molecular weight excluding hydrogens is 362 g/mol. The fourth-order valence-corrected chi connectivity index (χ4v) is 3.35. The molecule has 0 aliphatic carbocycles. The van der Waals surface area contributed by atoms with Crippen molar-refractivity contribution in [3.63, 3.8) is 0 Å². The number of esters is 1. The third-order valence-electron chi connectivity index (χ3n) is 4.71. The van der Waals surface area contributed by atoms with Gasteiger partial charge >= 0.3 is 5.97 Å². The number of rotatable bonds is 6. The van der Waals surface area contributed by atoms with E-state index < -0.39 is 18.0 Å². The number of amides is 2. The van der Waals surface area contributed by atoms with Crippen molar-refractivity contribution in [1.29, 1.82) is 0 Å². The number of aromatic nitrogens is 3. The number of primary amides is 1. The number of benzene rings is 1. The molecule has 9 nitrogen and oxygen atoms in total. The number of hydrogen-bond acceptors (Lipinski definition) is 6. The number of likely N-dealkylation sites (tertiary alicyclic amines) is 1. The molecule has 1 aliphatic heterocycles. The summed E-state index contributed by atoms with van der Waals surface area (Å²) < 4.78 is 7.13. The molecule has 1 aromatic heterocycles. The predicted octanol–water partition coefficient (Wildman–Crippen LogP) is 0.454. The van der Waals surface area contributed by atoms with Gasteiger partial charge in [0, 0.05) is 18.9 Å². The second kappa shape index (κ2) is 8.20. The lowest BCUT2D eigenvalue weighted by atomic mass is 10.0. The van der Waals surface area contributed by atoms with Crippen molar-refractivity contribution >= 4 is 17.8 Å². The molecule has 9 heteroatoms. The van der Waals surface area contributed by atoms with Gasteiger partial charge in [-0.15, -0.1) is 0 Å². The number of nitrogens with two attached hydrogens (primary N) is 1. The monoisotopic (exact) mass is 385 g/mol. The molecule has 2 atom stereocenters. The van der Waals surface area contributed by atoms with Gasteiger partial charge in [-0.25, -0.2) is 14.5 Å². The Bertz CT molecular complexity index is 880. The lowest BCUT2D eigenvalue weighted by Crippen LogP contribution is -2.34. The van der Waals surface area contributed by atoms with Crippen LogP contribution in [0, 0.1) is 19.8 Å². The minimum atomic E-state index is -0.595. The van der Waals surface area contributed by atoms with Crippen molar-refractivity contribution in [3.8, 4) is 0 Å². The number of hydrogen-bond donors (Lipinski definition) is 1. The third-order valence-corrected chi connectivity index (χ3v) is 4.71. The summed E-state index contributed by atoms with van der Waals surface area (Å²) in [5, 5.41) is 4.19. The first-order valence-electron chi connectivity index (χ1n) is 9.03. The lowest BCUT2D eigenvalue weighted by molar-refractivity contribution is -0.131. The van der Waals surface area contributed by atoms with Crippen LogP contribution in [0.3, 0.4) is 0 Å². The van der Waals surface area contributed by atoms with Gasteiger partial charge in [0.05, 0.1) is 12.1 Å². The van der Waals surface area contributed by atoms with E-state index in [1.54, 1.807) is 49.1 Å². The van der Waals surface area contributed by atoms with Crippen molar-refractivity contribution in [3.05, 3.63) is 47.5 Å². The maximum absolute atomic E-state index is 12.7. The normalized spacial score (nSPS) is 18.9. The van der Waals surface area contributed by atoms with E-state index in [2.05, 4.69) is 10.1 Å². The Morgan fingerprint density at radius 3 is 2.50 bits per heavy atom. The van der Waals surface area contributed by atoms with Gasteiger partial charge in [0.15, 0.2) is 0 Å². The molecule has 0 bridgehead atoms. The molecule has 28 heavy (non-hydrogen) atoms. The highest BCUT2D eigenvalue weighted by molar-refractivity contribution is 5.89. The largest absolute Gasteiger partial charge is 0.457 e. The summed E-state index contributed by atoms with van der Waals surface area (Å²) in [5.74, 6) is -0.271. The Kier molecular flexibility index (Phi) is 5.72. The highest BCUT2D eigenvalue weighted by Crippen LogP contribution is 2.24. The third kappa shape index (κ3) is 4.54. The maximum atomic E-state index is 12.7. The van der Waals surface area contributed by atoms with Gasteiger partial charge < -0.3 is 15.4 Å². The minimum absolute atomic E-state index is 0.0370. The molecule has 2 heterocycles. The van der Waals surface area contributed by atoms with Crippen LogP contribution >= 0.6 is 0 Å². The second-order valence-electron chi connectivity index (χ2n) is 6.90. The van der Waals surface area contributed by atoms with Crippen molar-refractivity contribution in [1.82, 2.24) is 19.7 Å². The summed E-state index contributed by atoms with van der Waals surface area (Å²) in [5.41, 5.74) is 5.75. The fraction of sp³-hybridized carbons (Fsp3) is 0.421. The molecule has 1 fully saturated rings. The molecule has 2 aromatic rings. The number of carbonyl (C=O) groups is 3. The maximum Gasteiger partial charge on any atom is 0.338 e. The minimum Gasteiger partial charge on any atom is -0.457 e. The van der Waals surface area contributed by atoms with Crippen LogP contribution in [0.25, 0.3) is 0 Å². The standard InChI is InChI=1S/C19H23N5O4/c1-12-21-13(2)24(22-12)11-18(26)23-9-15(8-17(20)25)16(10-23)28-19(27)14-6-4-3-5-7-14/h3-7,15-16H,8-11H2,1-2H3,(H2,20,25)/t15-,16+/m0/s1. The molecule has 2 amide bonds. The topological polar surface area (TPSA) is 120 Å². The number of carbonyl (C=O) groups excluding carboxylic acids is 3. The summed E-state index contributed by atoms with van der Waals surface area (Å²) in [7, 11) is 0. The van der Waals surface area contributed by atoms with E-state index in [0.29, 0.717) is 23.8 Å². The Hall–Kier alpha value is -3.23. The molecule has 2 N–H and O–H groups in total. The Morgan fingerprint density at radius 2 is 1.89 bits per heavy atom. The zero-order valence-electron chi connectivity index (χ0n) is 15.9. The van der Waals surface area contributed by atoms with Crippen LogP contribution in [0.2, 0.25) is 0 Å². The van der Waals surface area contributed by atoms with E-state index >= 15 is 0 Å². The Morgan fingerprint density at radius 1 is 1.18 bits per heavy atom. The fourth-order valence-electron chi connectivity index (χ4n) is 3.35. The molecule has 148 valence electrons. The summed E-state index contributed by atoms with van der Waals surface area (Å²) >= 11 is 0. The van der Waals surface area contributed by atoms with Crippen molar-refractivity contribution in [2.45, 2.75) is 32.9 Å². The van der Waals surface area contributed by atoms with Crippen LogP contribution in [0.1, 0.15) is 28.4 Å². The molecule has 0 unspecified atom stereocenters. The van der Waals surface area contributed by atoms with Crippen LogP contribution < -0.4 is 5.73 Å². The highest BCUT2D eigenvalue weighted by atomic mass is 16.5. The van der Waals surface area contributed by atoms with E-state index in [1.165, 1.54) is 4.68 Å². The molecule has 0 saturated carbocycles. The molecule has 0 spiro atoms. The van der Waals surface area contributed by atoms with Crippen LogP contribution in [0.15, 0.2) is 30.3 Å². The molecule has 1 aliphatic rings. The van der Waals surface area contributed by atoms with Gasteiger partial charge in [-0.2, -0.15) is 5.10 Å². The van der Waals surface area contributed by atoms with Gasteiger partial charge in [0.1, 0.15) is 24.3 Å². The Balaban J connectivity index is 1.69.